The molecule has 0 unspecified atom stereocenters. The van der Waals surface area contributed by atoms with Gasteiger partial charge in [0.2, 0.25) is 0 Å². The Morgan fingerprint density at radius 1 is 1.45 bits per heavy atom. The highest BCUT2D eigenvalue weighted by atomic mass is 16.3. The van der Waals surface area contributed by atoms with E-state index in [-0.39, 0.29) is 0 Å². The Balaban J connectivity index is 2.79. The number of rotatable bonds is 0. The van der Waals surface area contributed by atoms with Gasteiger partial charge >= 0.3 is 0 Å². The number of furan rings is 1. The van der Waals surface area contributed by atoms with Crippen molar-refractivity contribution >= 4 is 11.0 Å². The van der Waals surface area contributed by atoms with Crippen LogP contribution in [0.25, 0.3) is 11.0 Å². The molecule has 51 valence electrons. The first-order valence-corrected chi connectivity index (χ1v) is 3.26. The minimum Gasteiger partial charge on any atom is -0.464 e. The highest BCUT2D eigenvalue weighted by Gasteiger charge is 1.95. The molecule has 0 bridgehead atoms. The third kappa shape index (κ3) is 0.890. The minimum absolute atomic E-state index is 0.792. The number of benzene rings is 1. The van der Waals surface area contributed by atoms with E-state index in [1.807, 2.05) is 18.2 Å². The number of hydrogen-bond acceptors (Lipinski definition) is 1. The van der Waals surface area contributed by atoms with Gasteiger partial charge in [-0.05, 0) is 18.2 Å². The minimum atomic E-state index is 0.792. The third-order valence-electron chi connectivity index (χ3n) is 1.55. The first kappa shape index (κ1) is 6.06. The first-order valence-electron chi connectivity index (χ1n) is 3.26. The van der Waals surface area contributed by atoms with Gasteiger partial charge in [-0.2, -0.15) is 0 Å². The van der Waals surface area contributed by atoms with E-state index in [2.05, 4.69) is 12.0 Å². The Labute approximate surface area is 64.6 Å². The van der Waals surface area contributed by atoms with Gasteiger partial charge in [0.1, 0.15) is 5.58 Å². The van der Waals surface area contributed by atoms with Crippen LogP contribution in [-0.2, 0) is 0 Å². The second-order valence-corrected chi connectivity index (χ2v) is 2.24. The van der Waals surface area contributed by atoms with Crippen molar-refractivity contribution in [2.75, 3.05) is 0 Å². The number of hydrogen-bond donors (Lipinski definition) is 0. The normalized spacial score (nSPS) is 9.73. The zero-order valence-corrected chi connectivity index (χ0v) is 5.79. The van der Waals surface area contributed by atoms with E-state index in [0.29, 0.717) is 0 Å². The van der Waals surface area contributed by atoms with Crippen molar-refractivity contribution in [1.82, 2.24) is 0 Å². The largest absolute Gasteiger partial charge is 0.464 e. The monoisotopic (exact) mass is 141 g/mol. The Kier molecular flexibility index (Phi) is 1.20. The van der Waals surface area contributed by atoms with Crippen molar-refractivity contribution in [3.8, 4) is 12.3 Å². The van der Waals surface area contributed by atoms with E-state index in [9.17, 15) is 0 Å². The number of fused-ring (bicyclic) bond motifs is 1. The van der Waals surface area contributed by atoms with Gasteiger partial charge in [-0.25, -0.2) is 0 Å². The predicted molar refractivity (Wildman–Crippen MR) is 43.0 cm³/mol. The third-order valence-corrected chi connectivity index (χ3v) is 1.55. The summed E-state index contributed by atoms with van der Waals surface area (Å²) in [6.07, 6.45) is 6.74. The van der Waals surface area contributed by atoms with Gasteiger partial charge in [0.25, 0.3) is 0 Å². The molecule has 1 heteroatoms. The molecule has 0 saturated carbocycles. The Morgan fingerprint density at radius 3 is 3.18 bits per heavy atom. The average molecular weight is 141 g/mol. The highest BCUT2D eigenvalue weighted by Crippen LogP contribution is 2.15. The molecule has 1 heterocycles. The van der Waals surface area contributed by atoms with Gasteiger partial charge in [0, 0.05) is 17.0 Å². The van der Waals surface area contributed by atoms with Crippen molar-refractivity contribution in [3.63, 3.8) is 0 Å². The lowest BCUT2D eigenvalue weighted by Gasteiger charge is -1.88. The van der Waals surface area contributed by atoms with E-state index in [1.165, 1.54) is 6.26 Å². The van der Waals surface area contributed by atoms with E-state index >= 15 is 0 Å². The van der Waals surface area contributed by atoms with Gasteiger partial charge in [-0.15, -0.1) is 6.42 Å². The van der Waals surface area contributed by atoms with Crippen LogP contribution in [0.15, 0.2) is 28.9 Å². The van der Waals surface area contributed by atoms with Gasteiger partial charge < -0.3 is 4.42 Å². The molecule has 1 radical (unpaired) electrons. The lowest BCUT2D eigenvalue weighted by molar-refractivity contribution is 0.615. The molecule has 0 N–H and O–H groups in total. The van der Waals surface area contributed by atoms with Crippen LogP contribution in [0.3, 0.4) is 0 Å². The molecule has 2 aromatic rings. The maximum Gasteiger partial charge on any atom is 0.135 e. The summed E-state index contributed by atoms with van der Waals surface area (Å²) in [5, 5.41) is 0.962. The molecule has 0 saturated heterocycles. The lowest BCUT2D eigenvalue weighted by atomic mass is 10.2. The molecule has 0 atom stereocenters. The highest BCUT2D eigenvalue weighted by molar-refractivity contribution is 5.77. The van der Waals surface area contributed by atoms with Crippen LogP contribution in [0.5, 0.6) is 0 Å². The predicted octanol–water partition coefficient (Wildman–Crippen LogP) is 2.21. The van der Waals surface area contributed by atoms with Crippen molar-refractivity contribution in [2.45, 2.75) is 0 Å². The molecule has 0 fully saturated rings. The molecule has 0 spiro atoms. The Hall–Kier alpha value is -1.68. The second kappa shape index (κ2) is 2.17. The smallest absolute Gasteiger partial charge is 0.135 e. The summed E-state index contributed by atoms with van der Waals surface area (Å²) in [5.74, 6) is 2.54. The van der Waals surface area contributed by atoms with Crippen molar-refractivity contribution in [3.05, 3.63) is 36.1 Å². The molecule has 0 aliphatic heterocycles. The van der Waals surface area contributed by atoms with Gasteiger partial charge in [-0.1, -0.05) is 5.92 Å². The molecule has 0 aliphatic carbocycles. The van der Waals surface area contributed by atoms with Crippen molar-refractivity contribution in [2.24, 2.45) is 0 Å². The summed E-state index contributed by atoms with van der Waals surface area (Å²) < 4.78 is 5.11. The maximum atomic E-state index is 5.21. The molecule has 0 amide bonds. The molecule has 1 aromatic heterocycles. The fourth-order valence-corrected chi connectivity index (χ4v) is 0.985. The van der Waals surface area contributed by atoms with Crippen molar-refractivity contribution in [1.29, 1.82) is 0 Å². The van der Waals surface area contributed by atoms with E-state index in [4.69, 9.17) is 10.8 Å². The summed E-state index contributed by atoms with van der Waals surface area (Å²) in [7, 11) is 0. The molecular weight excluding hydrogens is 136 g/mol. The van der Waals surface area contributed by atoms with Crippen LogP contribution < -0.4 is 0 Å². The van der Waals surface area contributed by atoms with E-state index < -0.39 is 0 Å². The van der Waals surface area contributed by atoms with Crippen LogP contribution in [0.4, 0.5) is 0 Å². The maximum absolute atomic E-state index is 5.21. The average Bonchev–Trinajstić information content (AvgIpc) is 2.50. The van der Waals surface area contributed by atoms with Crippen LogP contribution >= 0.6 is 0 Å². The second-order valence-electron chi connectivity index (χ2n) is 2.24. The number of terminal acetylenes is 1. The van der Waals surface area contributed by atoms with Crippen LogP contribution in [0.2, 0.25) is 0 Å². The van der Waals surface area contributed by atoms with E-state index in [1.54, 1.807) is 0 Å². The lowest BCUT2D eigenvalue weighted by Crippen LogP contribution is -1.70. The van der Waals surface area contributed by atoms with Crippen LogP contribution in [0, 0.1) is 18.4 Å². The van der Waals surface area contributed by atoms with Crippen molar-refractivity contribution < 1.29 is 4.42 Å². The van der Waals surface area contributed by atoms with Crippen LogP contribution in [-0.4, -0.2) is 0 Å². The summed E-state index contributed by atoms with van der Waals surface area (Å²) in [6.45, 7) is 0. The molecule has 2 rings (SSSR count). The summed E-state index contributed by atoms with van der Waals surface area (Å²) in [5.41, 5.74) is 1.63. The van der Waals surface area contributed by atoms with Gasteiger partial charge in [0.05, 0.1) is 6.26 Å². The Bertz CT molecular complexity index is 418. The van der Waals surface area contributed by atoms with Gasteiger partial charge in [-0.3, -0.25) is 0 Å². The summed E-state index contributed by atoms with van der Waals surface area (Å²) in [6, 6.07) is 8.53. The topological polar surface area (TPSA) is 13.1 Å². The van der Waals surface area contributed by atoms with Crippen LogP contribution in [0.1, 0.15) is 5.56 Å². The quantitative estimate of drug-likeness (QED) is 0.512. The summed E-state index contributed by atoms with van der Waals surface area (Å²) in [4.78, 5) is 0. The van der Waals surface area contributed by atoms with Gasteiger partial charge in [0.15, 0.2) is 0 Å². The first-order chi connectivity index (χ1) is 5.40. The molecular formula is C10H5O. The molecule has 1 nitrogen and oxygen atoms in total. The fourth-order valence-electron chi connectivity index (χ4n) is 0.985. The molecule has 1 aromatic carbocycles. The molecule has 0 aliphatic rings. The zero-order valence-electron chi connectivity index (χ0n) is 5.79. The fraction of sp³-hybridized carbons (Fsp3) is 0. The Morgan fingerprint density at radius 2 is 2.36 bits per heavy atom. The SMILES string of the molecule is C#Cc1ccc2[c]coc2c1. The summed E-state index contributed by atoms with van der Waals surface area (Å²) >= 11 is 0. The van der Waals surface area contributed by atoms with E-state index in [0.717, 1.165) is 16.5 Å². The molecule has 11 heavy (non-hydrogen) atoms. The standard InChI is InChI=1S/C10H5O/c1-2-8-3-4-9-5-6-11-10(9)7-8/h1,3-4,6-7H. The zero-order chi connectivity index (χ0) is 7.68.